The summed E-state index contributed by atoms with van der Waals surface area (Å²) in [5.41, 5.74) is 0.676. The quantitative estimate of drug-likeness (QED) is 0.320. The number of carbonyl (C=O) groups excluding carboxylic acids is 3. The summed E-state index contributed by atoms with van der Waals surface area (Å²) in [5, 5.41) is 10.6. The zero-order valence-electron chi connectivity index (χ0n) is 25.7. The molecule has 1 aromatic carbocycles. The number of aliphatic hydroxyl groups excluding tert-OH is 1. The van der Waals surface area contributed by atoms with Crippen LogP contribution in [0.25, 0.3) is 0 Å². The summed E-state index contributed by atoms with van der Waals surface area (Å²) >= 11 is 1.66. The number of hydrogen-bond donors (Lipinski definition) is 1. The summed E-state index contributed by atoms with van der Waals surface area (Å²) in [5.74, 6) is -0.669. The van der Waals surface area contributed by atoms with Gasteiger partial charge in [-0.2, -0.15) is 0 Å². The molecule has 3 fully saturated rings. The number of thioether (sulfide) groups is 1. The first kappa shape index (κ1) is 32.1. The van der Waals surface area contributed by atoms with E-state index in [2.05, 4.69) is 20.1 Å². The van der Waals surface area contributed by atoms with Crippen molar-refractivity contribution in [3.05, 3.63) is 49.6 Å². The normalized spacial score (nSPS) is 28.5. The average molecular weight is 598 g/mol. The summed E-state index contributed by atoms with van der Waals surface area (Å²) in [6.45, 7) is 17.0. The van der Waals surface area contributed by atoms with Crippen LogP contribution in [0.2, 0.25) is 0 Å². The first-order chi connectivity index (χ1) is 20.1. The van der Waals surface area contributed by atoms with Gasteiger partial charge in [0.15, 0.2) is 0 Å². The Kier molecular flexibility index (Phi) is 10.1. The highest BCUT2D eigenvalue weighted by Crippen LogP contribution is 2.69. The van der Waals surface area contributed by atoms with Crippen LogP contribution in [-0.4, -0.2) is 88.1 Å². The third-order valence-electron chi connectivity index (χ3n) is 9.17. The van der Waals surface area contributed by atoms with Crippen molar-refractivity contribution in [1.29, 1.82) is 0 Å². The Hall–Kier alpha value is -2.78. The standard InChI is InChI=1S/C33H47N3O5S/c1-8-15-34(16-9-2)30(38)27-26-19-22(6)33(42-26)28(27)31(39)36(24(20-37)18-21(4)5)29(33)32(40)35(17-10-3)23-11-13-25(41-7)14-12-23/h8,10-14,21-22,24,26-29,37H,1,3,9,15-20H2,2,4-7H3/t22?,24-,26-,27+,28+,29?,33?/m1/s1. The summed E-state index contributed by atoms with van der Waals surface area (Å²) in [7, 11) is 1.59. The van der Waals surface area contributed by atoms with Crippen molar-refractivity contribution in [3.63, 3.8) is 0 Å². The topological polar surface area (TPSA) is 90.4 Å². The fourth-order valence-electron chi connectivity index (χ4n) is 7.52. The minimum Gasteiger partial charge on any atom is -0.497 e. The van der Waals surface area contributed by atoms with Crippen LogP contribution in [0, 0.1) is 23.7 Å². The highest BCUT2D eigenvalue weighted by molar-refractivity contribution is 8.02. The number of amides is 3. The fourth-order valence-corrected chi connectivity index (χ4v) is 9.92. The minimum atomic E-state index is -0.824. The number of rotatable bonds is 14. The number of aliphatic hydroxyl groups is 1. The molecule has 42 heavy (non-hydrogen) atoms. The van der Waals surface area contributed by atoms with E-state index in [1.54, 1.807) is 40.8 Å². The number of carbonyl (C=O) groups is 3. The molecule has 0 aromatic heterocycles. The molecule has 8 nitrogen and oxygen atoms in total. The molecule has 9 heteroatoms. The number of benzene rings is 1. The predicted octanol–water partition coefficient (Wildman–Crippen LogP) is 4.38. The van der Waals surface area contributed by atoms with E-state index < -0.39 is 28.7 Å². The van der Waals surface area contributed by atoms with Gasteiger partial charge in [0, 0.05) is 30.6 Å². The van der Waals surface area contributed by atoms with E-state index in [1.807, 2.05) is 49.9 Å². The molecule has 7 atom stereocenters. The minimum absolute atomic E-state index is 0.0306. The van der Waals surface area contributed by atoms with Crippen molar-refractivity contribution in [2.24, 2.45) is 23.7 Å². The summed E-state index contributed by atoms with van der Waals surface area (Å²) < 4.78 is 4.56. The third kappa shape index (κ3) is 5.39. The number of fused-ring (bicyclic) bond motifs is 1. The molecule has 3 aliphatic heterocycles. The van der Waals surface area contributed by atoms with Gasteiger partial charge in [-0.1, -0.05) is 39.8 Å². The van der Waals surface area contributed by atoms with Gasteiger partial charge in [-0.3, -0.25) is 14.4 Å². The molecule has 1 aromatic rings. The molecular weight excluding hydrogens is 550 g/mol. The van der Waals surface area contributed by atoms with Crippen LogP contribution in [0.1, 0.15) is 47.0 Å². The number of hydrogen-bond acceptors (Lipinski definition) is 6. The molecule has 3 amide bonds. The van der Waals surface area contributed by atoms with E-state index in [1.165, 1.54) is 0 Å². The molecule has 1 N–H and O–H groups in total. The average Bonchev–Trinajstić information content (AvgIpc) is 3.57. The fraction of sp³-hybridized carbons (Fsp3) is 0.606. The van der Waals surface area contributed by atoms with Crippen LogP contribution in [0.4, 0.5) is 5.69 Å². The Morgan fingerprint density at radius 1 is 1.19 bits per heavy atom. The smallest absolute Gasteiger partial charge is 0.251 e. The van der Waals surface area contributed by atoms with Crippen molar-refractivity contribution in [1.82, 2.24) is 9.80 Å². The lowest BCUT2D eigenvalue weighted by molar-refractivity contribution is -0.145. The van der Waals surface area contributed by atoms with Gasteiger partial charge in [-0.25, -0.2) is 0 Å². The van der Waals surface area contributed by atoms with Crippen LogP contribution < -0.4 is 9.64 Å². The van der Waals surface area contributed by atoms with E-state index in [4.69, 9.17) is 4.74 Å². The Morgan fingerprint density at radius 3 is 2.40 bits per heavy atom. The number of likely N-dealkylation sites (tertiary alicyclic amines) is 1. The molecule has 3 heterocycles. The highest BCUT2D eigenvalue weighted by atomic mass is 32.2. The second-order valence-corrected chi connectivity index (χ2v) is 13.8. The van der Waals surface area contributed by atoms with E-state index >= 15 is 0 Å². The second kappa shape index (κ2) is 13.2. The second-order valence-electron chi connectivity index (χ2n) is 12.3. The van der Waals surface area contributed by atoms with Gasteiger partial charge in [-0.05, 0) is 55.4 Å². The zero-order valence-corrected chi connectivity index (χ0v) is 26.5. The van der Waals surface area contributed by atoms with Gasteiger partial charge in [0.25, 0.3) is 5.91 Å². The van der Waals surface area contributed by atoms with Gasteiger partial charge >= 0.3 is 0 Å². The molecule has 3 aliphatic rings. The molecule has 1 spiro atoms. The lowest BCUT2D eigenvalue weighted by atomic mass is 9.65. The van der Waals surface area contributed by atoms with Crippen molar-refractivity contribution >= 4 is 35.2 Å². The Morgan fingerprint density at radius 2 is 1.86 bits per heavy atom. The summed E-state index contributed by atoms with van der Waals surface area (Å²) in [6, 6.07) is 5.93. The maximum Gasteiger partial charge on any atom is 0.251 e. The number of ether oxygens (including phenoxy) is 1. The van der Waals surface area contributed by atoms with Gasteiger partial charge in [0.2, 0.25) is 11.8 Å². The van der Waals surface area contributed by atoms with Crippen LogP contribution in [0.5, 0.6) is 5.75 Å². The van der Waals surface area contributed by atoms with Gasteiger partial charge < -0.3 is 24.5 Å². The number of anilines is 1. The van der Waals surface area contributed by atoms with Crippen molar-refractivity contribution in [2.75, 3.05) is 38.3 Å². The third-order valence-corrected chi connectivity index (χ3v) is 11.2. The Labute approximate surface area is 255 Å². The zero-order chi connectivity index (χ0) is 30.8. The molecular formula is C33H47N3O5S. The van der Waals surface area contributed by atoms with Gasteiger partial charge in [0.1, 0.15) is 11.8 Å². The maximum absolute atomic E-state index is 14.9. The number of nitrogens with zero attached hydrogens (tertiary/aromatic N) is 3. The van der Waals surface area contributed by atoms with E-state index in [9.17, 15) is 19.5 Å². The van der Waals surface area contributed by atoms with Crippen molar-refractivity contribution < 1.29 is 24.2 Å². The Bertz CT molecular complexity index is 1170. The molecule has 3 unspecified atom stereocenters. The highest BCUT2D eigenvalue weighted by Gasteiger charge is 2.77. The van der Waals surface area contributed by atoms with Gasteiger partial charge in [-0.15, -0.1) is 24.9 Å². The summed E-state index contributed by atoms with van der Waals surface area (Å²) in [4.78, 5) is 48.9. The van der Waals surface area contributed by atoms with E-state index in [-0.39, 0.29) is 48.0 Å². The van der Waals surface area contributed by atoms with E-state index in [0.29, 0.717) is 30.9 Å². The van der Waals surface area contributed by atoms with Crippen LogP contribution in [0.15, 0.2) is 49.6 Å². The molecule has 230 valence electrons. The lowest BCUT2D eigenvalue weighted by Crippen LogP contribution is -2.59. The number of methoxy groups -OCH3 is 1. The van der Waals surface area contributed by atoms with Crippen molar-refractivity contribution in [3.8, 4) is 5.75 Å². The molecule has 0 aliphatic carbocycles. The molecule has 0 radical (unpaired) electrons. The van der Waals surface area contributed by atoms with Crippen LogP contribution in [-0.2, 0) is 14.4 Å². The monoisotopic (exact) mass is 597 g/mol. The van der Waals surface area contributed by atoms with Crippen LogP contribution >= 0.6 is 11.8 Å². The van der Waals surface area contributed by atoms with Crippen molar-refractivity contribution in [2.45, 2.75) is 69.0 Å². The van der Waals surface area contributed by atoms with E-state index in [0.717, 1.165) is 12.8 Å². The first-order valence-electron chi connectivity index (χ1n) is 15.2. The predicted molar refractivity (Wildman–Crippen MR) is 168 cm³/mol. The van der Waals surface area contributed by atoms with Gasteiger partial charge in [0.05, 0.1) is 36.3 Å². The lowest BCUT2D eigenvalue weighted by Gasteiger charge is -2.42. The molecule has 4 rings (SSSR count). The largest absolute Gasteiger partial charge is 0.497 e. The first-order valence-corrected chi connectivity index (χ1v) is 16.1. The Balaban J connectivity index is 1.85. The molecule has 3 saturated heterocycles. The SMILES string of the molecule is C=CCN(CCC)C(=O)[C@@H]1[C@H]2C(=O)N([C@@H](CO)CC(C)C)C(C(=O)N(CC=C)c3ccc(OC)cc3)C23S[C@@H]1CC3C. The molecule has 2 bridgehead atoms. The van der Waals surface area contributed by atoms with Crippen LogP contribution in [0.3, 0.4) is 0 Å². The summed E-state index contributed by atoms with van der Waals surface area (Å²) in [6.07, 6.45) is 5.53. The molecule has 0 saturated carbocycles. The maximum atomic E-state index is 14.9.